The topological polar surface area (TPSA) is 44.8 Å². The van der Waals surface area contributed by atoms with Gasteiger partial charge in [0.1, 0.15) is 0 Å². The van der Waals surface area contributed by atoms with Crippen LogP contribution in [0.25, 0.3) is 0 Å². The van der Waals surface area contributed by atoms with Crippen LogP contribution in [0.3, 0.4) is 0 Å². The zero-order valence-electron chi connectivity index (χ0n) is 12.4. The van der Waals surface area contributed by atoms with Crippen molar-refractivity contribution in [3.63, 3.8) is 0 Å². The van der Waals surface area contributed by atoms with Crippen molar-refractivity contribution in [1.82, 2.24) is 0 Å². The second-order valence-electron chi connectivity index (χ2n) is 5.30. The lowest BCUT2D eigenvalue weighted by molar-refractivity contribution is 0.0912. The van der Waals surface area contributed by atoms with Gasteiger partial charge in [-0.05, 0) is 12.8 Å². The minimum atomic E-state index is -3.33. The molecule has 0 N–H and O–H groups in total. The predicted molar refractivity (Wildman–Crippen MR) is 77.3 cm³/mol. The first kappa shape index (κ1) is 17.2. The molecule has 1 rings (SSSR count). The van der Waals surface area contributed by atoms with Gasteiger partial charge in [0.15, 0.2) is 0 Å². The summed E-state index contributed by atoms with van der Waals surface area (Å²) in [6, 6.07) is 0. The summed E-state index contributed by atoms with van der Waals surface area (Å²) < 4.78 is 27.4. The molecule has 0 atom stereocenters. The molecule has 0 spiro atoms. The fraction of sp³-hybridized carbons (Fsp3) is 1.00. The Bertz CT molecular complexity index is 250. The van der Waals surface area contributed by atoms with E-state index in [2.05, 4.69) is 0 Å². The molecule has 0 saturated heterocycles. The summed E-state index contributed by atoms with van der Waals surface area (Å²) in [5.41, 5.74) is 0. The summed E-state index contributed by atoms with van der Waals surface area (Å²) in [4.78, 5) is 0. The first-order valence-corrected chi connectivity index (χ1v) is 9.06. The van der Waals surface area contributed by atoms with Crippen LogP contribution < -0.4 is 0 Å². The third-order valence-corrected chi connectivity index (χ3v) is 5.23. The van der Waals surface area contributed by atoms with Crippen molar-refractivity contribution in [2.75, 3.05) is 14.2 Å². The normalized spacial score (nSPS) is 21.6. The number of rotatable bonds is 4. The van der Waals surface area contributed by atoms with Gasteiger partial charge in [-0.15, -0.1) is 0 Å². The Labute approximate surface area is 117 Å². The number of hydrogen-bond acceptors (Lipinski definition) is 4. The van der Waals surface area contributed by atoms with E-state index in [4.69, 9.17) is 13.6 Å². The highest BCUT2D eigenvalue weighted by atomic mass is 31.2. The highest BCUT2D eigenvalue weighted by molar-refractivity contribution is 7.48. The van der Waals surface area contributed by atoms with Crippen LogP contribution in [0, 0.1) is 0 Å². The van der Waals surface area contributed by atoms with E-state index in [9.17, 15) is 4.57 Å². The number of hydrogen-bond donors (Lipinski definition) is 0. The van der Waals surface area contributed by atoms with Gasteiger partial charge in [-0.1, -0.05) is 57.8 Å². The van der Waals surface area contributed by atoms with E-state index in [1.165, 1.54) is 59.2 Å². The van der Waals surface area contributed by atoms with Gasteiger partial charge in [0.05, 0.1) is 6.10 Å². The van der Waals surface area contributed by atoms with E-state index >= 15 is 0 Å². The summed E-state index contributed by atoms with van der Waals surface area (Å²) in [7, 11) is -0.578. The van der Waals surface area contributed by atoms with Crippen LogP contribution in [0.1, 0.15) is 70.6 Å². The molecule has 1 saturated carbocycles. The van der Waals surface area contributed by atoms with Crippen molar-refractivity contribution in [2.45, 2.75) is 76.7 Å². The Morgan fingerprint density at radius 3 is 1.47 bits per heavy atom. The minimum absolute atomic E-state index is 0.00478. The summed E-state index contributed by atoms with van der Waals surface area (Å²) in [6.07, 6.45) is 13.4. The molecule has 0 aromatic heterocycles. The summed E-state index contributed by atoms with van der Waals surface area (Å²) in [6.45, 7) is 0. The Kier molecular flexibility index (Phi) is 8.97. The maximum atomic E-state index is 12.0. The van der Waals surface area contributed by atoms with Crippen LogP contribution in [0.2, 0.25) is 0 Å². The zero-order valence-corrected chi connectivity index (χ0v) is 13.3. The lowest BCUT2D eigenvalue weighted by Crippen LogP contribution is -2.13. The number of phosphoric ester groups is 1. The quantitative estimate of drug-likeness (QED) is 0.678. The van der Waals surface area contributed by atoms with Crippen LogP contribution in [0.4, 0.5) is 0 Å². The SMILES string of the molecule is COP(=O)(OC)OC1CCCCCCCCCCC1. The molecule has 1 aliphatic carbocycles. The summed E-state index contributed by atoms with van der Waals surface area (Å²) in [5, 5.41) is 0. The molecular weight excluding hydrogens is 263 g/mol. The lowest BCUT2D eigenvalue weighted by atomic mass is 10.00. The first-order chi connectivity index (χ1) is 9.20. The van der Waals surface area contributed by atoms with Gasteiger partial charge in [0.25, 0.3) is 0 Å². The van der Waals surface area contributed by atoms with E-state index in [0.29, 0.717) is 0 Å². The second-order valence-corrected chi connectivity index (χ2v) is 7.13. The van der Waals surface area contributed by atoms with Crippen LogP contribution in [0.15, 0.2) is 0 Å². The standard InChI is InChI=1S/C14H29O4P/c1-16-19(15,17-2)18-14-12-10-8-6-4-3-5-7-9-11-13-14/h14H,3-13H2,1-2H3. The maximum absolute atomic E-state index is 12.0. The van der Waals surface area contributed by atoms with E-state index in [0.717, 1.165) is 25.7 Å². The van der Waals surface area contributed by atoms with Crippen LogP contribution >= 0.6 is 7.82 Å². The molecule has 0 aliphatic heterocycles. The molecular formula is C14H29O4P. The minimum Gasteiger partial charge on any atom is -0.290 e. The van der Waals surface area contributed by atoms with E-state index in [-0.39, 0.29) is 6.10 Å². The van der Waals surface area contributed by atoms with Crippen molar-refractivity contribution in [2.24, 2.45) is 0 Å². The molecule has 0 radical (unpaired) electrons. The number of phosphoric acid groups is 1. The van der Waals surface area contributed by atoms with Crippen LogP contribution in [-0.4, -0.2) is 20.3 Å². The van der Waals surface area contributed by atoms with Gasteiger partial charge in [0.2, 0.25) is 0 Å². The molecule has 114 valence electrons. The van der Waals surface area contributed by atoms with Crippen LogP contribution in [-0.2, 0) is 18.1 Å². The average molecular weight is 292 g/mol. The van der Waals surface area contributed by atoms with Crippen molar-refractivity contribution in [3.8, 4) is 0 Å². The molecule has 1 fully saturated rings. The molecule has 1 aliphatic rings. The predicted octanol–water partition coefficient (Wildman–Crippen LogP) is 5.08. The average Bonchev–Trinajstić information content (AvgIpc) is 2.42. The molecule has 19 heavy (non-hydrogen) atoms. The van der Waals surface area contributed by atoms with Gasteiger partial charge >= 0.3 is 7.82 Å². The molecule has 0 bridgehead atoms. The Balaban J connectivity index is 2.44. The maximum Gasteiger partial charge on any atom is 0.474 e. The third kappa shape index (κ3) is 7.45. The first-order valence-electron chi connectivity index (χ1n) is 7.60. The molecule has 5 heteroatoms. The van der Waals surface area contributed by atoms with Gasteiger partial charge in [0, 0.05) is 14.2 Å². The third-order valence-electron chi connectivity index (χ3n) is 3.78. The fourth-order valence-electron chi connectivity index (χ4n) is 2.57. The van der Waals surface area contributed by atoms with Crippen molar-refractivity contribution in [3.05, 3.63) is 0 Å². The largest absolute Gasteiger partial charge is 0.474 e. The summed E-state index contributed by atoms with van der Waals surface area (Å²) in [5.74, 6) is 0. The van der Waals surface area contributed by atoms with Crippen LogP contribution in [0.5, 0.6) is 0 Å². The molecule has 0 heterocycles. The monoisotopic (exact) mass is 292 g/mol. The second kappa shape index (κ2) is 9.93. The highest BCUT2D eigenvalue weighted by Crippen LogP contribution is 2.49. The van der Waals surface area contributed by atoms with Crippen molar-refractivity contribution < 1.29 is 18.1 Å². The Hall–Kier alpha value is 0.110. The fourth-order valence-corrected chi connectivity index (χ4v) is 3.47. The smallest absolute Gasteiger partial charge is 0.290 e. The highest BCUT2D eigenvalue weighted by Gasteiger charge is 2.27. The van der Waals surface area contributed by atoms with E-state index in [1.807, 2.05) is 0 Å². The van der Waals surface area contributed by atoms with E-state index < -0.39 is 7.82 Å². The Morgan fingerprint density at radius 1 is 0.737 bits per heavy atom. The van der Waals surface area contributed by atoms with E-state index in [1.54, 1.807) is 0 Å². The van der Waals surface area contributed by atoms with Gasteiger partial charge in [-0.2, -0.15) is 0 Å². The van der Waals surface area contributed by atoms with Crippen molar-refractivity contribution >= 4 is 7.82 Å². The zero-order chi connectivity index (χ0) is 14.0. The molecule has 0 amide bonds. The molecule has 0 unspecified atom stereocenters. The lowest BCUT2D eigenvalue weighted by Gasteiger charge is -2.22. The molecule has 0 aromatic carbocycles. The molecule has 4 nitrogen and oxygen atoms in total. The molecule has 0 aromatic rings. The summed E-state index contributed by atoms with van der Waals surface area (Å²) >= 11 is 0. The van der Waals surface area contributed by atoms with Gasteiger partial charge < -0.3 is 0 Å². The Morgan fingerprint density at radius 2 is 1.11 bits per heavy atom. The van der Waals surface area contributed by atoms with Gasteiger partial charge in [-0.25, -0.2) is 4.57 Å². The van der Waals surface area contributed by atoms with Crippen molar-refractivity contribution in [1.29, 1.82) is 0 Å². The van der Waals surface area contributed by atoms with Gasteiger partial charge in [-0.3, -0.25) is 13.6 Å².